The highest BCUT2D eigenvalue weighted by Gasteiger charge is 2.12. The molecule has 3 nitrogen and oxygen atoms in total. The summed E-state index contributed by atoms with van der Waals surface area (Å²) in [4.78, 5) is 11.8. The van der Waals surface area contributed by atoms with Crippen LogP contribution in [0.4, 0.5) is 0 Å². The number of rotatable bonds is 5. The van der Waals surface area contributed by atoms with Crippen LogP contribution in [0.5, 0.6) is 0 Å². The molecule has 1 heterocycles. The Kier molecular flexibility index (Phi) is 3.17. The topological polar surface area (TPSA) is 39.4 Å². The van der Waals surface area contributed by atoms with E-state index in [-0.39, 0.29) is 12.4 Å². The fourth-order valence-electron chi connectivity index (χ4n) is 1.51. The van der Waals surface area contributed by atoms with Crippen molar-refractivity contribution in [3.05, 3.63) is 48.7 Å². The fraction of sp³-hybridized carbons (Fsp3) is 0.154. The number of ether oxygens (including phenoxy) is 1. The lowest BCUT2D eigenvalue weighted by Gasteiger charge is -1.98. The summed E-state index contributed by atoms with van der Waals surface area (Å²) >= 11 is 0. The molecule has 0 unspecified atom stereocenters. The van der Waals surface area contributed by atoms with E-state index >= 15 is 0 Å². The van der Waals surface area contributed by atoms with Crippen molar-refractivity contribution in [2.45, 2.75) is 0 Å². The number of fused-ring (bicyclic) bond motifs is 1. The minimum absolute atomic E-state index is 0.0511. The molecule has 3 heteroatoms. The predicted molar refractivity (Wildman–Crippen MR) is 61.6 cm³/mol. The molecule has 0 amide bonds. The smallest absolute Gasteiger partial charge is 0.192 e. The summed E-state index contributed by atoms with van der Waals surface area (Å²) in [6, 6.07) is 7.43. The Morgan fingerprint density at radius 3 is 3.06 bits per heavy atom. The van der Waals surface area contributed by atoms with Crippen LogP contribution in [-0.2, 0) is 4.74 Å². The van der Waals surface area contributed by atoms with Crippen molar-refractivity contribution in [2.75, 3.05) is 13.2 Å². The third-order valence-electron chi connectivity index (χ3n) is 2.25. The molecule has 0 bridgehead atoms. The molecule has 2 aromatic rings. The SMILES string of the molecule is C=CCOCC(=O)c1coc2ccccc12. The molecule has 1 aromatic heterocycles. The molecule has 0 radical (unpaired) electrons. The van der Waals surface area contributed by atoms with Crippen LogP contribution in [0, 0.1) is 0 Å². The molecule has 16 heavy (non-hydrogen) atoms. The van der Waals surface area contributed by atoms with Crippen LogP contribution in [0.2, 0.25) is 0 Å². The van der Waals surface area contributed by atoms with E-state index in [1.807, 2.05) is 24.3 Å². The molecule has 0 saturated heterocycles. The highest BCUT2D eigenvalue weighted by Crippen LogP contribution is 2.20. The first-order valence-electron chi connectivity index (χ1n) is 5.01. The van der Waals surface area contributed by atoms with Gasteiger partial charge in [0.2, 0.25) is 0 Å². The van der Waals surface area contributed by atoms with Crippen LogP contribution in [0.1, 0.15) is 10.4 Å². The summed E-state index contributed by atoms with van der Waals surface area (Å²) in [5, 5.41) is 0.828. The lowest BCUT2D eigenvalue weighted by Crippen LogP contribution is -2.08. The van der Waals surface area contributed by atoms with Crippen molar-refractivity contribution in [2.24, 2.45) is 0 Å². The molecule has 1 aromatic carbocycles. The molecular formula is C13H12O3. The maximum absolute atomic E-state index is 11.8. The van der Waals surface area contributed by atoms with E-state index in [0.29, 0.717) is 12.2 Å². The van der Waals surface area contributed by atoms with Crippen molar-refractivity contribution in [1.29, 1.82) is 0 Å². The number of benzene rings is 1. The quantitative estimate of drug-likeness (QED) is 0.438. The summed E-state index contributed by atoms with van der Waals surface area (Å²) in [5.41, 5.74) is 1.29. The third kappa shape index (κ3) is 2.04. The van der Waals surface area contributed by atoms with Crippen molar-refractivity contribution in [1.82, 2.24) is 0 Å². The highest BCUT2D eigenvalue weighted by atomic mass is 16.5. The number of carbonyl (C=O) groups is 1. The maximum atomic E-state index is 11.8. The molecule has 0 fully saturated rings. The Hall–Kier alpha value is -1.87. The molecule has 0 aliphatic heterocycles. The zero-order valence-electron chi connectivity index (χ0n) is 8.81. The highest BCUT2D eigenvalue weighted by molar-refractivity contribution is 6.07. The van der Waals surface area contributed by atoms with Crippen LogP contribution in [0.25, 0.3) is 11.0 Å². The third-order valence-corrected chi connectivity index (χ3v) is 2.25. The molecule has 82 valence electrons. The van der Waals surface area contributed by atoms with E-state index in [4.69, 9.17) is 9.15 Å². The zero-order valence-corrected chi connectivity index (χ0v) is 8.81. The number of carbonyl (C=O) groups excluding carboxylic acids is 1. The van der Waals surface area contributed by atoms with Crippen LogP contribution >= 0.6 is 0 Å². The largest absolute Gasteiger partial charge is 0.464 e. The standard InChI is InChI=1S/C13H12O3/c1-2-7-15-9-12(14)11-8-16-13-6-4-3-5-10(11)13/h2-6,8H,1,7,9H2. The van der Waals surface area contributed by atoms with Gasteiger partial charge in [-0.25, -0.2) is 0 Å². The number of ketones is 1. The number of hydrogen-bond donors (Lipinski definition) is 0. The van der Waals surface area contributed by atoms with Gasteiger partial charge in [0, 0.05) is 5.39 Å². The van der Waals surface area contributed by atoms with Crippen LogP contribution < -0.4 is 0 Å². The molecule has 0 atom stereocenters. The summed E-state index contributed by atoms with van der Waals surface area (Å²) in [6.07, 6.45) is 3.09. The van der Waals surface area contributed by atoms with Gasteiger partial charge in [-0.1, -0.05) is 24.3 Å². The Balaban J connectivity index is 2.19. The molecule has 0 N–H and O–H groups in total. The number of Topliss-reactive ketones (excluding diaryl/α,β-unsaturated/α-hetero) is 1. The van der Waals surface area contributed by atoms with Gasteiger partial charge in [-0.05, 0) is 6.07 Å². The summed E-state index contributed by atoms with van der Waals surface area (Å²) < 4.78 is 10.4. The van der Waals surface area contributed by atoms with Gasteiger partial charge < -0.3 is 9.15 Å². The van der Waals surface area contributed by atoms with Crippen LogP contribution in [-0.4, -0.2) is 19.0 Å². The normalized spacial score (nSPS) is 10.5. The minimum atomic E-state index is -0.0770. The van der Waals surface area contributed by atoms with Crippen LogP contribution in [0.15, 0.2) is 47.6 Å². The second-order valence-corrected chi connectivity index (χ2v) is 3.37. The van der Waals surface area contributed by atoms with E-state index < -0.39 is 0 Å². The van der Waals surface area contributed by atoms with Gasteiger partial charge in [-0.2, -0.15) is 0 Å². The summed E-state index contributed by atoms with van der Waals surface area (Å²) in [7, 11) is 0. The van der Waals surface area contributed by atoms with E-state index in [1.54, 1.807) is 6.08 Å². The maximum Gasteiger partial charge on any atom is 0.192 e. The van der Waals surface area contributed by atoms with Gasteiger partial charge >= 0.3 is 0 Å². The lowest BCUT2D eigenvalue weighted by atomic mass is 10.1. The first kappa shape index (κ1) is 10.6. The first-order valence-corrected chi connectivity index (χ1v) is 5.01. The van der Waals surface area contributed by atoms with Crippen molar-refractivity contribution < 1.29 is 13.9 Å². The van der Waals surface area contributed by atoms with Gasteiger partial charge in [-0.15, -0.1) is 6.58 Å². The average molecular weight is 216 g/mol. The van der Waals surface area contributed by atoms with E-state index in [9.17, 15) is 4.79 Å². The van der Waals surface area contributed by atoms with Crippen molar-refractivity contribution >= 4 is 16.8 Å². The molecule has 0 saturated carbocycles. The van der Waals surface area contributed by atoms with Gasteiger partial charge in [0.1, 0.15) is 18.5 Å². The second-order valence-electron chi connectivity index (χ2n) is 3.37. The zero-order chi connectivity index (χ0) is 11.4. The Bertz CT molecular complexity index is 511. The predicted octanol–water partition coefficient (Wildman–Crippen LogP) is 2.82. The molecule has 0 aliphatic carbocycles. The molecule has 0 spiro atoms. The van der Waals surface area contributed by atoms with Gasteiger partial charge in [0.25, 0.3) is 0 Å². The van der Waals surface area contributed by atoms with E-state index in [0.717, 1.165) is 11.0 Å². The monoisotopic (exact) mass is 216 g/mol. The fourth-order valence-corrected chi connectivity index (χ4v) is 1.51. The Morgan fingerprint density at radius 1 is 1.44 bits per heavy atom. The molecule has 0 aliphatic rings. The van der Waals surface area contributed by atoms with Gasteiger partial charge in [-0.3, -0.25) is 4.79 Å². The van der Waals surface area contributed by atoms with Crippen molar-refractivity contribution in [3.63, 3.8) is 0 Å². The number of para-hydroxylation sites is 1. The van der Waals surface area contributed by atoms with E-state index in [2.05, 4.69) is 6.58 Å². The lowest BCUT2D eigenvalue weighted by molar-refractivity contribution is 0.0807. The first-order chi connectivity index (χ1) is 7.83. The van der Waals surface area contributed by atoms with Gasteiger partial charge in [0.05, 0.1) is 12.2 Å². The molecular weight excluding hydrogens is 204 g/mol. The molecule has 2 rings (SSSR count). The van der Waals surface area contributed by atoms with E-state index in [1.165, 1.54) is 6.26 Å². The van der Waals surface area contributed by atoms with Gasteiger partial charge in [0.15, 0.2) is 5.78 Å². The Labute approximate surface area is 93.3 Å². The number of furan rings is 1. The minimum Gasteiger partial charge on any atom is -0.464 e. The number of hydrogen-bond acceptors (Lipinski definition) is 3. The second kappa shape index (κ2) is 4.77. The Morgan fingerprint density at radius 2 is 2.25 bits per heavy atom. The van der Waals surface area contributed by atoms with Crippen LogP contribution in [0.3, 0.4) is 0 Å². The van der Waals surface area contributed by atoms with Crippen molar-refractivity contribution in [3.8, 4) is 0 Å². The summed E-state index contributed by atoms with van der Waals surface area (Å²) in [6.45, 7) is 3.94. The average Bonchev–Trinajstić information content (AvgIpc) is 2.73. The summed E-state index contributed by atoms with van der Waals surface area (Å²) in [5.74, 6) is -0.0770.